The van der Waals surface area contributed by atoms with Gasteiger partial charge < -0.3 is 14.6 Å². The number of hydrogen-bond donors (Lipinski definition) is 2. The molecule has 4 atom stereocenters. The predicted octanol–water partition coefficient (Wildman–Crippen LogP) is 1.24. The Labute approximate surface area is 242 Å². The molecule has 2 N–H and O–H groups in total. The lowest BCUT2D eigenvalue weighted by molar-refractivity contribution is -0.156. The Morgan fingerprint density at radius 2 is 1.32 bits per heavy atom. The molecular weight excluding hydrogens is 588 g/mol. The Morgan fingerprint density at radius 1 is 0.902 bits per heavy atom. The van der Waals surface area contributed by atoms with Crippen LogP contribution >= 0.6 is 0 Å². The van der Waals surface area contributed by atoms with Crippen LogP contribution in [0.4, 0.5) is 0 Å². The molecular formula is C24H44N2O13S2. The van der Waals surface area contributed by atoms with E-state index in [0.29, 0.717) is 4.31 Å². The Hall–Kier alpha value is -2.34. The minimum absolute atomic E-state index is 0.181. The van der Waals surface area contributed by atoms with Crippen molar-refractivity contribution in [1.29, 1.82) is 0 Å². The highest BCUT2D eigenvalue weighted by molar-refractivity contribution is 7.85. The maximum atomic E-state index is 11.9. The first-order chi connectivity index (χ1) is 18.5. The number of aliphatic carboxylic acids is 1. The first-order valence-electron chi connectivity index (χ1n) is 12.9. The number of rotatable bonds is 15. The average molecular weight is 633 g/mol. The van der Waals surface area contributed by atoms with Crippen LogP contribution in [0.5, 0.6) is 0 Å². The second-order valence-electron chi connectivity index (χ2n) is 10.8. The molecule has 0 radical (unpaired) electrons. The molecule has 0 bridgehead atoms. The Morgan fingerprint density at radius 3 is 1.68 bits per heavy atom. The van der Waals surface area contributed by atoms with E-state index < -0.39 is 79.9 Å². The minimum atomic E-state index is -4.16. The number of esters is 2. The van der Waals surface area contributed by atoms with Gasteiger partial charge in [-0.05, 0) is 55.4 Å². The summed E-state index contributed by atoms with van der Waals surface area (Å²) >= 11 is 0. The summed E-state index contributed by atoms with van der Waals surface area (Å²) < 4.78 is 69.3. The number of carboxylic acid groups (broad SMARTS) is 1. The molecule has 1 aliphatic rings. The molecule has 1 amide bonds. The van der Waals surface area contributed by atoms with Gasteiger partial charge in [-0.1, -0.05) is 13.8 Å². The summed E-state index contributed by atoms with van der Waals surface area (Å²) in [7, 11) is -8.32. The van der Waals surface area contributed by atoms with Gasteiger partial charge in [-0.15, -0.1) is 0 Å². The molecule has 0 aromatic heterocycles. The van der Waals surface area contributed by atoms with Gasteiger partial charge in [-0.25, -0.2) is 4.31 Å². The molecule has 0 saturated carbocycles. The van der Waals surface area contributed by atoms with Crippen molar-refractivity contribution in [2.75, 3.05) is 26.4 Å². The Balaban J connectivity index is 0.000000781. The third-order valence-electron chi connectivity index (χ3n) is 6.21. The minimum Gasteiger partial charge on any atom is -0.481 e. The number of nitrogens with zero attached hydrogens (tertiary/aromatic N) is 1. The number of hydrogen-bond acceptors (Lipinski definition) is 12. The van der Waals surface area contributed by atoms with Crippen molar-refractivity contribution in [1.82, 2.24) is 9.03 Å². The van der Waals surface area contributed by atoms with E-state index in [1.165, 1.54) is 41.5 Å². The van der Waals surface area contributed by atoms with Crippen LogP contribution in [0, 0.1) is 22.7 Å². The van der Waals surface area contributed by atoms with Crippen molar-refractivity contribution in [3.8, 4) is 0 Å². The van der Waals surface area contributed by atoms with Gasteiger partial charge in [-0.2, -0.15) is 21.6 Å². The molecule has 41 heavy (non-hydrogen) atoms. The Kier molecular flexibility index (Phi) is 14.4. The fraction of sp³-hybridized carbons (Fsp3) is 0.833. The summed E-state index contributed by atoms with van der Waals surface area (Å²) in [5.74, 6) is -4.00. The van der Waals surface area contributed by atoms with E-state index in [0.717, 1.165) is 0 Å². The van der Waals surface area contributed by atoms with Gasteiger partial charge in [0.2, 0.25) is 5.91 Å². The zero-order valence-corrected chi connectivity index (χ0v) is 26.9. The quantitative estimate of drug-likeness (QED) is 0.193. The lowest BCUT2D eigenvalue weighted by Gasteiger charge is -2.41. The van der Waals surface area contributed by atoms with Gasteiger partial charge in [0.25, 0.3) is 0 Å². The molecule has 15 nitrogen and oxygen atoms in total. The van der Waals surface area contributed by atoms with Crippen LogP contribution in [0.25, 0.3) is 0 Å². The number of carbonyl (C=O) groups is 4. The summed E-state index contributed by atoms with van der Waals surface area (Å²) in [4.78, 5) is 45.6. The molecule has 0 aromatic rings. The maximum absolute atomic E-state index is 11.9. The number of carboxylic acids is 1. The molecule has 17 heteroatoms. The molecule has 0 aliphatic carbocycles. The SMILES string of the molecule is CCOC(=O)C(C)(C)COS(=O)(=O)N1C(=O)[C@@H](C)[C@@H]1C.CCOC(=O)C(C)(C)COS(=O)(=O)N[C@@H](C)[C@H](C)C(=O)O. The van der Waals surface area contributed by atoms with Crippen LogP contribution in [-0.2, 0) is 57.6 Å². The summed E-state index contributed by atoms with van der Waals surface area (Å²) in [5.41, 5.74) is -2.24. The van der Waals surface area contributed by atoms with Crippen LogP contribution in [0.1, 0.15) is 69.2 Å². The molecule has 1 saturated heterocycles. The van der Waals surface area contributed by atoms with Crippen LogP contribution in [0.3, 0.4) is 0 Å². The number of nitrogens with one attached hydrogen (secondary N) is 1. The molecule has 0 spiro atoms. The van der Waals surface area contributed by atoms with E-state index >= 15 is 0 Å². The maximum Gasteiger partial charge on any atom is 0.364 e. The number of carbonyl (C=O) groups excluding carboxylic acids is 3. The summed E-state index contributed by atoms with van der Waals surface area (Å²) in [6.45, 7) is 15.0. The van der Waals surface area contributed by atoms with Gasteiger partial charge in [0, 0.05) is 6.04 Å². The number of amides is 1. The molecule has 1 fully saturated rings. The van der Waals surface area contributed by atoms with Crippen LogP contribution in [-0.4, -0.2) is 88.6 Å². The standard InChI is InChI=1S/C12H23NO7S.C12H21NO6S/c1-6-19-11(16)12(4,5)7-20-21(17,18)13-9(3)8(2)10(14)15;1-6-18-11(15)12(4,5)7-19-20(16,17)13-9(3)8(2)10(13)14/h8-9,13H,6-7H2,1-5H3,(H,14,15);8-9H,6-7H2,1-5H3/t2*8-,9-/m00/s1. The molecule has 0 unspecified atom stereocenters. The van der Waals surface area contributed by atoms with Gasteiger partial charge in [0.1, 0.15) is 0 Å². The lowest BCUT2D eigenvalue weighted by atomic mass is 9.95. The van der Waals surface area contributed by atoms with E-state index in [9.17, 15) is 36.0 Å². The number of β-lactam (4-membered cyclic amide) rings is 1. The van der Waals surface area contributed by atoms with Gasteiger partial charge in [0.05, 0.1) is 55.1 Å². The molecule has 1 aliphatic heterocycles. The lowest BCUT2D eigenvalue weighted by Crippen LogP contribution is -2.61. The largest absolute Gasteiger partial charge is 0.481 e. The van der Waals surface area contributed by atoms with Gasteiger partial charge >= 0.3 is 38.5 Å². The second-order valence-corrected chi connectivity index (χ2v) is 13.7. The van der Waals surface area contributed by atoms with E-state index in [-0.39, 0.29) is 25.7 Å². The normalized spacial score (nSPS) is 19.3. The van der Waals surface area contributed by atoms with Gasteiger partial charge in [-0.3, -0.25) is 27.5 Å². The van der Waals surface area contributed by atoms with Crippen molar-refractivity contribution >= 4 is 44.4 Å². The highest BCUT2D eigenvalue weighted by atomic mass is 32.2. The topological polar surface area (TPSA) is 209 Å². The average Bonchev–Trinajstić information content (AvgIpc) is 2.86. The first kappa shape index (κ1) is 38.7. The summed E-state index contributed by atoms with van der Waals surface area (Å²) in [5, 5.41) is 8.80. The Bertz CT molecular complexity index is 1150. The van der Waals surface area contributed by atoms with E-state index in [1.807, 2.05) is 0 Å². The van der Waals surface area contributed by atoms with Gasteiger partial charge in [0.15, 0.2) is 0 Å². The van der Waals surface area contributed by atoms with Crippen molar-refractivity contribution in [3.05, 3.63) is 0 Å². The molecule has 0 aromatic carbocycles. The van der Waals surface area contributed by atoms with Crippen molar-refractivity contribution in [2.45, 2.75) is 81.3 Å². The van der Waals surface area contributed by atoms with Crippen molar-refractivity contribution in [3.63, 3.8) is 0 Å². The predicted molar refractivity (Wildman–Crippen MR) is 145 cm³/mol. The zero-order chi connectivity index (χ0) is 32.6. The van der Waals surface area contributed by atoms with E-state index in [1.54, 1.807) is 27.7 Å². The third kappa shape index (κ3) is 11.5. The number of ether oxygens (including phenoxy) is 2. The first-order valence-corrected chi connectivity index (χ1v) is 15.7. The smallest absolute Gasteiger partial charge is 0.364 e. The van der Waals surface area contributed by atoms with Crippen molar-refractivity contribution < 1.29 is 59.0 Å². The van der Waals surface area contributed by atoms with Crippen molar-refractivity contribution in [2.24, 2.45) is 22.7 Å². The van der Waals surface area contributed by atoms with Crippen LogP contribution in [0.15, 0.2) is 0 Å². The summed E-state index contributed by atoms with van der Waals surface area (Å²) in [6.07, 6.45) is 0. The molecule has 1 heterocycles. The monoisotopic (exact) mass is 632 g/mol. The molecule has 1 rings (SSSR count). The van der Waals surface area contributed by atoms with E-state index in [4.69, 9.17) is 22.9 Å². The highest BCUT2D eigenvalue weighted by Crippen LogP contribution is 2.30. The summed E-state index contributed by atoms with van der Waals surface area (Å²) in [6, 6.07) is -1.28. The third-order valence-corrected chi connectivity index (χ3v) is 8.71. The fourth-order valence-corrected chi connectivity index (χ4v) is 5.61. The highest BCUT2D eigenvalue weighted by Gasteiger charge is 2.49. The second kappa shape index (κ2) is 15.2. The van der Waals surface area contributed by atoms with Crippen LogP contribution in [0.2, 0.25) is 0 Å². The van der Waals surface area contributed by atoms with E-state index in [2.05, 4.69) is 4.72 Å². The molecule has 240 valence electrons. The zero-order valence-electron chi connectivity index (χ0n) is 25.2. The fourth-order valence-electron chi connectivity index (χ4n) is 2.89. The van der Waals surface area contributed by atoms with Crippen LogP contribution < -0.4 is 4.72 Å².